The van der Waals surface area contributed by atoms with Gasteiger partial charge in [0.25, 0.3) is 0 Å². The second kappa shape index (κ2) is 29.4. The number of hydrogen-bond acceptors (Lipinski definition) is 11. The summed E-state index contributed by atoms with van der Waals surface area (Å²) < 4.78 is 0.784. The van der Waals surface area contributed by atoms with Crippen LogP contribution in [0.2, 0.25) is 0 Å². The zero-order valence-corrected chi connectivity index (χ0v) is 36.1. The molecule has 0 heterocycles. The highest BCUT2D eigenvalue weighted by Crippen LogP contribution is 2.14. The van der Waals surface area contributed by atoms with Gasteiger partial charge in [-0.1, -0.05) is 18.7 Å². The Hall–Kier alpha value is -3.82. The summed E-state index contributed by atoms with van der Waals surface area (Å²) in [5.74, 6) is -2.60. The maximum atomic E-state index is 13.1. The van der Waals surface area contributed by atoms with E-state index in [9.17, 15) is 33.6 Å². The molecule has 1 rings (SSSR count). The van der Waals surface area contributed by atoms with Crippen LogP contribution >= 0.6 is 35.1 Å². The first-order valence-corrected chi connectivity index (χ1v) is 21.5. The maximum absolute atomic E-state index is 13.1. The van der Waals surface area contributed by atoms with E-state index in [1.165, 1.54) is 31.2 Å². The molecule has 9 N–H and O–H groups in total. The molecule has 0 aromatic heterocycles. The molecule has 7 amide bonds. The first kappa shape index (κ1) is 51.2. The van der Waals surface area contributed by atoms with E-state index >= 15 is 0 Å². The molecule has 0 spiro atoms. The highest BCUT2D eigenvalue weighted by atomic mass is 35.5. The Morgan fingerprint density at radius 1 is 0.737 bits per heavy atom. The van der Waals surface area contributed by atoms with Crippen LogP contribution in [0.25, 0.3) is 5.73 Å². The Morgan fingerprint density at radius 2 is 1.25 bits per heavy atom. The average Bonchev–Trinajstić information content (AvgIpc) is 3.16. The normalized spacial score (nSPS) is 12.1. The molecule has 322 valence electrons. The van der Waals surface area contributed by atoms with Crippen molar-refractivity contribution >= 4 is 82.2 Å². The van der Waals surface area contributed by atoms with Crippen LogP contribution in [0, 0.1) is 0 Å². The second-order valence-corrected chi connectivity index (χ2v) is 16.2. The smallest absolute Gasteiger partial charge is 0.243 e. The van der Waals surface area contributed by atoms with E-state index in [1.807, 2.05) is 7.05 Å². The number of alkyl halides is 1. The highest BCUT2D eigenvalue weighted by Gasteiger charge is 2.24. The Labute approximate surface area is 350 Å². The summed E-state index contributed by atoms with van der Waals surface area (Å²) in [6.07, 6.45) is 1.72. The predicted octanol–water partition coefficient (Wildman–Crippen LogP) is -0.668. The van der Waals surface area contributed by atoms with E-state index in [4.69, 9.17) is 17.3 Å². The SMILES string of the molecule is CC(=O)NCSCC(NC(=O)C[NH-])C(=O)NCC(=O)NC(CSCNC(C)=O)C(=O)NCC(=O)NCCC[N+](C)(C)CCCNCc1ccc(N(C)CCCl)cc1. The van der Waals surface area contributed by atoms with Crippen molar-refractivity contribution in [2.24, 2.45) is 0 Å². The van der Waals surface area contributed by atoms with E-state index in [1.54, 1.807) is 0 Å². The van der Waals surface area contributed by atoms with Crippen molar-refractivity contribution in [3.05, 3.63) is 35.6 Å². The van der Waals surface area contributed by atoms with Crippen LogP contribution in [0.5, 0.6) is 0 Å². The van der Waals surface area contributed by atoms with Crippen molar-refractivity contribution in [3.63, 3.8) is 0 Å². The maximum Gasteiger partial charge on any atom is 0.243 e. The molecule has 57 heavy (non-hydrogen) atoms. The molecule has 0 saturated heterocycles. The number of nitrogens with zero attached hydrogens (tertiary/aromatic N) is 2. The van der Waals surface area contributed by atoms with Crippen LogP contribution in [0.3, 0.4) is 0 Å². The Morgan fingerprint density at radius 3 is 1.75 bits per heavy atom. The summed E-state index contributed by atoms with van der Waals surface area (Å²) in [6, 6.07) is 6.26. The topological polar surface area (TPSA) is 243 Å². The third-order valence-corrected chi connectivity index (χ3v) is 10.2. The number of amides is 7. The number of thioether (sulfide) groups is 2. The van der Waals surface area contributed by atoms with Gasteiger partial charge in [-0.3, -0.25) is 33.6 Å². The van der Waals surface area contributed by atoms with Gasteiger partial charge >= 0.3 is 0 Å². The van der Waals surface area contributed by atoms with Crippen molar-refractivity contribution in [1.82, 2.24) is 42.5 Å². The van der Waals surface area contributed by atoms with Crippen molar-refractivity contribution in [3.8, 4) is 0 Å². The monoisotopic (exact) mass is 859 g/mol. The lowest BCUT2D eigenvalue weighted by molar-refractivity contribution is -0.890. The number of carbonyl (C=O) groups is 7. The molecule has 0 aliphatic rings. The third-order valence-electron chi connectivity index (χ3n) is 8.23. The third kappa shape index (κ3) is 25.2. The molecule has 0 radical (unpaired) electrons. The first-order chi connectivity index (χ1) is 27.1. The lowest BCUT2D eigenvalue weighted by Crippen LogP contribution is -2.54. The minimum atomic E-state index is -1.10. The molecule has 2 unspecified atom stereocenters. The van der Waals surface area contributed by atoms with Crippen LogP contribution in [0.15, 0.2) is 24.3 Å². The quantitative estimate of drug-likeness (QED) is 0.0209. The molecule has 2 atom stereocenters. The van der Waals surface area contributed by atoms with Gasteiger partial charge < -0.3 is 57.7 Å². The predicted molar refractivity (Wildman–Crippen MR) is 228 cm³/mol. The lowest BCUT2D eigenvalue weighted by Gasteiger charge is -2.30. The van der Waals surface area contributed by atoms with E-state index in [2.05, 4.69) is 85.8 Å². The number of anilines is 1. The number of rotatable bonds is 30. The van der Waals surface area contributed by atoms with Crippen LogP contribution in [0.4, 0.5) is 5.69 Å². The summed E-state index contributed by atoms with van der Waals surface area (Å²) >= 11 is 8.17. The fourth-order valence-electron chi connectivity index (χ4n) is 4.99. The number of carbonyl (C=O) groups excluding carboxylic acids is 7. The summed E-state index contributed by atoms with van der Waals surface area (Å²) in [4.78, 5) is 87.5. The molecule has 0 fully saturated rings. The van der Waals surface area contributed by atoms with Gasteiger partial charge in [0.1, 0.15) is 12.1 Å². The first-order valence-electron chi connectivity index (χ1n) is 18.6. The van der Waals surface area contributed by atoms with Gasteiger partial charge in [0, 0.05) is 83.0 Å². The number of halogens is 1. The second-order valence-electron chi connectivity index (χ2n) is 13.7. The zero-order valence-electron chi connectivity index (χ0n) is 33.7. The van der Waals surface area contributed by atoms with Crippen molar-refractivity contribution in [2.75, 3.05) is 108 Å². The lowest BCUT2D eigenvalue weighted by atomic mass is 10.2. The molecule has 0 bridgehead atoms. The Kier molecular flexibility index (Phi) is 26.4. The molecule has 0 aliphatic heterocycles. The number of hydrogen-bond donors (Lipinski definition) is 8. The minimum absolute atomic E-state index is 0.0538. The van der Waals surface area contributed by atoms with E-state index in [0.717, 1.165) is 67.5 Å². The molecule has 1 aromatic carbocycles. The Bertz CT molecular complexity index is 1430. The average molecular weight is 861 g/mol. The Balaban J connectivity index is 2.50. The van der Waals surface area contributed by atoms with Gasteiger partial charge in [0.05, 0.1) is 52.0 Å². The number of nitrogens with one attached hydrogen (secondary N) is 9. The summed E-state index contributed by atoms with van der Waals surface area (Å²) in [6.45, 7) is 5.91. The van der Waals surface area contributed by atoms with Crippen molar-refractivity contribution in [2.45, 2.75) is 45.3 Å². The standard InChI is InChI=1S/C36H62ClN11O7S2/c1-26(49)43-24-56-22-30(45-32(51)18-38)35(54)42-21-34(53)46-31(23-57-25-44-27(2)50)36(55)41-20-33(52)40-14-7-17-48(4,5)16-6-13-39-19-28-8-10-29(11-9-28)47(3)15-12-37/h8-11,30-31,38-39H,6-7,12-25H2,1-5H3,(H,40,52)(H,41,55)(H,42,54)(H,43,49)(H,44,50)(H,45,51)(H,46,53). The van der Waals surface area contributed by atoms with Gasteiger partial charge in [0.15, 0.2) is 5.91 Å². The summed E-state index contributed by atoms with van der Waals surface area (Å²) in [5, 5.41) is 21.4. The fourth-order valence-corrected chi connectivity index (χ4v) is 7.04. The number of benzene rings is 1. The molecule has 0 saturated carbocycles. The summed E-state index contributed by atoms with van der Waals surface area (Å²) in [7, 11) is 6.31. The molecule has 0 aliphatic carbocycles. The molecular formula is C36H62ClN11O7S2. The van der Waals surface area contributed by atoms with Crippen LogP contribution in [0.1, 0.15) is 32.3 Å². The van der Waals surface area contributed by atoms with Crippen LogP contribution < -0.4 is 47.4 Å². The number of quaternary nitrogens is 1. The van der Waals surface area contributed by atoms with Crippen molar-refractivity contribution < 1.29 is 38.0 Å². The van der Waals surface area contributed by atoms with E-state index < -0.39 is 54.7 Å². The fraction of sp³-hybridized carbons (Fsp3) is 0.639. The van der Waals surface area contributed by atoms with Crippen LogP contribution in [-0.2, 0) is 40.1 Å². The molecule has 21 heteroatoms. The van der Waals surface area contributed by atoms with Gasteiger partial charge in [0.2, 0.25) is 35.4 Å². The highest BCUT2D eigenvalue weighted by molar-refractivity contribution is 7.99. The summed E-state index contributed by atoms with van der Waals surface area (Å²) in [5.41, 5.74) is 9.57. The van der Waals surface area contributed by atoms with E-state index in [0.29, 0.717) is 12.4 Å². The molecule has 1 aromatic rings. The zero-order chi connectivity index (χ0) is 42.6. The largest absolute Gasteiger partial charge is 0.670 e. The van der Waals surface area contributed by atoms with Gasteiger partial charge in [-0.15, -0.1) is 35.1 Å². The van der Waals surface area contributed by atoms with E-state index in [-0.39, 0.29) is 41.6 Å². The van der Waals surface area contributed by atoms with Crippen molar-refractivity contribution in [1.29, 1.82) is 0 Å². The van der Waals surface area contributed by atoms with Crippen LogP contribution in [-0.4, -0.2) is 161 Å². The molecule has 18 nitrogen and oxygen atoms in total. The van der Waals surface area contributed by atoms with Gasteiger partial charge in [-0.25, -0.2) is 0 Å². The minimum Gasteiger partial charge on any atom is -0.670 e. The van der Waals surface area contributed by atoms with Gasteiger partial charge in [-0.2, -0.15) is 0 Å². The molecular weight excluding hydrogens is 798 g/mol. The van der Waals surface area contributed by atoms with Gasteiger partial charge in [-0.05, 0) is 17.7 Å².